The van der Waals surface area contributed by atoms with Gasteiger partial charge in [-0.3, -0.25) is 0 Å². The van der Waals surface area contributed by atoms with Crippen LogP contribution in [-0.4, -0.2) is 31.1 Å². The van der Waals surface area contributed by atoms with E-state index in [0.29, 0.717) is 11.6 Å². The summed E-state index contributed by atoms with van der Waals surface area (Å²) < 4.78 is 0.875. The normalized spacial score (nSPS) is 20.3. The Morgan fingerprint density at radius 1 is 1.53 bits per heavy atom. The lowest BCUT2D eigenvalue weighted by Gasteiger charge is -2.48. The van der Waals surface area contributed by atoms with E-state index in [1.807, 2.05) is 0 Å². The van der Waals surface area contributed by atoms with E-state index >= 15 is 0 Å². The van der Waals surface area contributed by atoms with E-state index in [1.54, 1.807) is 11.3 Å². The Bertz CT molecular complexity index is 371. The first-order valence-corrected chi connectivity index (χ1v) is 7.44. The van der Waals surface area contributed by atoms with Crippen LogP contribution < -0.4 is 5.32 Å². The van der Waals surface area contributed by atoms with Gasteiger partial charge in [0.05, 0.1) is 4.34 Å². The predicted molar refractivity (Wildman–Crippen MR) is 76.0 cm³/mol. The summed E-state index contributed by atoms with van der Waals surface area (Å²) in [5.74, 6) is 0. The van der Waals surface area contributed by atoms with Gasteiger partial charge in [-0.05, 0) is 57.3 Å². The van der Waals surface area contributed by atoms with Gasteiger partial charge in [0, 0.05) is 18.1 Å². The van der Waals surface area contributed by atoms with E-state index in [2.05, 4.69) is 42.7 Å². The highest BCUT2D eigenvalue weighted by atomic mass is 35.5. The van der Waals surface area contributed by atoms with Crippen molar-refractivity contribution in [2.75, 3.05) is 20.6 Å². The zero-order chi connectivity index (χ0) is 12.5. The first kappa shape index (κ1) is 13.3. The maximum atomic E-state index is 5.97. The van der Waals surface area contributed by atoms with Gasteiger partial charge in [-0.1, -0.05) is 11.6 Å². The van der Waals surface area contributed by atoms with Crippen LogP contribution in [0.3, 0.4) is 0 Å². The monoisotopic (exact) mass is 272 g/mol. The molecule has 4 heteroatoms. The molecule has 0 aliphatic heterocycles. The van der Waals surface area contributed by atoms with Gasteiger partial charge in [0.1, 0.15) is 0 Å². The molecule has 1 unspecified atom stereocenters. The lowest BCUT2D eigenvalue weighted by Crippen LogP contribution is -2.56. The van der Waals surface area contributed by atoms with E-state index < -0.39 is 0 Å². The highest BCUT2D eigenvalue weighted by Gasteiger charge is 2.38. The number of thiophene rings is 1. The van der Waals surface area contributed by atoms with Gasteiger partial charge in [-0.15, -0.1) is 11.3 Å². The second-order valence-electron chi connectivity index (χ2n) is 5.26. The molecule has 0 radical (unpaired) electrons. The molecule has 17 heavy (non-hydrogen) atoms. The molecule has 0 spiro atoms. The number of hydrogen-bond acceptors (Lipinski definition) is 3. The molecule has 1 aliphatic rings. The molecule has 1 atom stereocenters. The van der Waals surface area contributed by atoms with Gasteiger partial charge in [0.2, 0.25) is 0 Å². The van der Waals surface area contributed by atoms with Gasteiger partial charge in [0.15, 0.2) is 0 Å². The highest BCUT2D eigenvalue weighted by molar-refractivity contribution is 7.14. The predicted octanol–water partition coefficient (Wildman–Crippen LogP) is 3.54. The van der Waals surface area contributed by atoms with E-state index in [1.165, 1.54) is 24.8 Å². The number of hydrogen-bond donors (Lipinski definition) is 1. The van der Waals surface area contributed by atoms with Crippen LogP contribution >= 0.6 is 22.9 Å². The Kier molecular flexibility index (Phi) is 4.14. The summed E-state index contributed by atoms with van der Waals surface area (Å²) in [5.41, 5.74) is 1.68. The quantitative estimate of drug-likeness (QED) is 0.882. The molecule has 1 N–H and O–H groups in total. The fraction of sp³-hybridized carbons (Fsp3) is 0.692. The summed E-state index contributed by atoms with van der Waals surface area (Å²) in [7, 11) is 4.37. The zero-order valence-electron chi connectivity index (χ0n) is 10.8. The van der Waals surface area contributed by atoms with Crippen LogP contribution in [0.2, 0.25) is 4.34 Å². The molecule has 2 nitrogen and oxygen atoms in total. The van der Waals surface area contributed by atoms with Crippen molar-refractivity contribution >= 4 is 22.9 Å². The second kappa shape index (κ2) is 5.27. The molecule has 0 bridgehead atoms. The van der Waals surface area contributed by atoms with E-state index in [9.17, 15) is 0 Å². The maximum Gasteiger partial charge on any atom is 0.0931 e. The van der Waals surface area contributed by atoms with Crippen LogP contribution in [0.25, 0.3) is 0 Å². The largest absolute Gasteiger partial charge is 0.308 e. The average Bonchev–Trinajstić information content (AvgIpc) is 2.62. The molecule has 0 amide bonds. The third-order valence-corrected chi connectivity index (χ3v) is 5.17. The number of likely N-dealkylation sites (N-methyl/N-ethyl adjacent to an activating group) is 1. The van der Waals surface area contributed by atoms with Crippen molar-refractivity contribution in [1.82, 2.24) is 10.2 Å². The van der Waals surface area contributed by atoms with Crippen LogP contribution in [0.5, 0.6) is 0 Å². The number of halogens is 1. The molecular formula is C13H21ClN2S. The van der Waals surface area contributed by atoms with Crippen molar-refractivity contribution in [3.8, 4) is 0 Å². The lowest BCUT2D eigenvalue weighted by molar-refractivity contribution is 0.0576. The summed E-state index contributed by atoms with van der Waals surface area (Å²) in [5, 5.41) is 5.78. The molecule has 1 saturated carbocycles. The highest BCUT2D eigenvalue weighted by Crippen LogP contribution is 2.36. The van der Waals surface area contributed by atoms with Crippen molar-refractivity contribution < 1.29 is 0 Å². The van der Waals surface area contributed by atoms with Gasteiger partial charge < -0.3 is 10.2 Å². The van der Waals surface area contributed by atoms with E-state index in [0.717, 1.165) is 10.9 Å². The summed E-state index contributed by atoms with van der Waals surface area (Å²) >= 11 is 7.57. The van der Waals surface area contributed by atoms with E-state index in [-0.39, 0.29) is 0 Å². The number of rotatable bonds is 5. The third kappa shape index (κ3) is 2.84. The Morgan fingerprint density at radius 3 is 2.65 bits per heavy atom. The van der Waals surface area contributed by atoms with Crippen LogP contribution in [0, 0.1) is 0 Å². The van der Waals surface area contributed by atoms with Crippen molar-refractivity contribution in [2.24, 2.45) is 0 Å². The number of nitrogens with one attached hydrogen (secondary N) is 1. The molecule has 1 aromatic rings. The van der Waals surface area contributed by atoms with Crippen LogP contribution in [0.4, 0.5) is 0 Å². The summed E-state index contributed by atoms with van der Waals surface area (Å²) in [6, 6.07) is 2.45. The molecule has 1 heterocycles. The first-order chi connectivity index (χ1) is 8.03. The van der Waals surface area contributed by atoms with Crippen LogP contribution in [0.1, 0.15) is 37.8 Å². The molecule has 0 saturated heterocycles. The van der Waals surface area contributed by atoms with Crippen molar-refractivity contribution in [2.45, 2.75) is 37.8 Å². The molecule has 96 valence electrons. The number of nitrogens with zero attached hydrogens (tertiary/aromatic N) is 1. The fourth-order valence-corrected chi connectivity index (χ4v) is 3.36. The average molecular weight is 273 g/mol. The smallest absolute Gasteiger partial charge is 0.0931 e. The topological polar surface area (TPSA) is 15.3 Å². The molecule has 2 rings (SSSR count). The molecule has 1 aromatic heterocycles. The third-order valence-electron chi connectivity index (χ3n) is 4.06. The van der Waals surface area contributed by atoms with Crippen LogP contribution in [-0.2, 0) is 0 Å². The Hall–Kier alpha value is -0.0900. The molecular weight excluding hydrogens is 252 g/mol. The second-order valence-corrected chi connectivity index (χ2v) is 6.80. The minimum Gasteiger partial charge on any atom is -0.308 e. The Morgan fingerprint density at radius 2 is 2.24 bits per heavy atom. The zero-order valence-corrected chi connectivity index (χ0v) is 12.4. The van der Waals surface area contributed by atoms with Gasteiger partial charge in [0.25, 0.3) is 0 Å². The minimum atomic E-state index is 0.383. The van der Waals surface area contributed by atoms with Crippen molar-refractivity contribution in [3.05, 3.63) is 21.3 Å². The Labute approximate surface area is 113 Å². The Balaban J connectivity index is 1.89. The van der Waals surface area contributed by atoms with Crippen molar-refractivity contribution in [3.63, 3.8) is 0 Å². The van der Waals surface area contributed by atoms with Gasteiger partial charge >= 0.3 is 0 Å². The summed E-state index contributed by atoms with van der Waals surface area (Å²) in [6.07, 6.45) is 3.98. The first-order valence-electron chi connectivity index (χ1n) is 6.18. The van der Waals surface area contributed by atoms with E-state index in [4.69, 9.17) is 11.6 Å². The fourth-order valence-electron chi connectivity index (χ4n) is 2.38. The molecule has 0 aromatic carbocycles. The maximum absolute atomic E-state index is 5.97. The van der Waals surface area contributed by atoms with Crippen molar-refractivity contribution in [1.29, 1.82) is 0 Å². The van der Waals surface area contributed by atoms with Gasteiger partial charge in [-0.2, -0.15) is 0 Å². The minimum absolute atomic E-state index is 0.383. The molecule has 1 aliphatic carbocycles. The lowest BCUT2D eigenvalue weighted by atomic mass is 9.75. The SMILES string of the molecule is CC(NCC1(N(C)C)CCC1)c1csc(Cl)c1. The van der Waals surface area contributed by atoms with Gasteiger partial charge in [-0.25, -0.2) is 0 Å². The molecule has 1 fully saturated rings. The summed E-state index contributed by atoms with van der Waals surface area (Å²) in [4.78, 5) is 2.37. The summed E-state index contributed by atoms with van der Waals surface area (Å²) in [6.45, 7) is 3.27. The van der Waals surface area contributed by atoms with Crippen LogP contribution in [0.15, 0.2) is 11.4 Å². The standard InChI is InChI=1S/C13H21ClN2S/c1-10(11-7-12(14)17-8-11)15-9-13(16(2)3)5-4-6-13/h7-8,10,15H,4-6,9H2,1-3H3.